The van der Waals surface area contributed by atoms with Gasteiger partial charge < -0.3 is 19.4 Å². The van der Waals surface area contributed by atoms with Crippen LogP contribution in [0.5, 0.6) is 11.5 Å². The number of para-hydroxylation sites is 1. The molecule has 0 spiro atoms. The number of hydrogen-bond acceptors (Lipinski definition) is 5. The lowest BCUT2D eigenvalue weighted by atomic mass is 10.2. The third-order valence-corrected chi connectivity index (χ3v) is 2.88. The van der Waals surface area contributed by atoms with E-state index in [2.05, 4.69) is 15.5 Å². The van der Waals surface area contributed by atoms with E-state index >= 15 is 0 Å². The third kappa shape index (κ3) is 2.02. The van der Waals surface area contributed by atoms with Gasteiger partial charge in [-0.05, 0) is 6.07 Å². The lowest BCUT2D eigenvalue weighted by Crippen LogP contribution is -2.16. The minimum atomic E-state index is 0.301. The molecule has 0 unspecified atom stereocenters. The summed E-state index contributed by atoms with van der Waals surface area (Å²) >= 11 is 0. The quantitative estimate of drug-likeness (QED) is 0.866. The third-order valence-electron chi connectivity index (χ3n) is 2.88. The molecule has 2 aromatic rings. The maximum atomic E-state index is 5.45. The minimum absolute atomic E-state index is 0.301. The van der Waals surface area contributed by atoms with Crippen LogP contribution in [0.1, 0.15) is 11.4 Å². The van der Waals surface area contributed by atoms with Crippen LogP contribution in [-0.2, 0) is 20.1 Å². The van der Waals surface area contributed by atoms with Gasteiger partial charge >= 0.3 is 0 Å². The largest absolute Gasteiger partial charge is 0.454 e. The molecular formula is C12H14N4O2. The maximum absolute atomic E-state index is 5.45. The summed E-state index contributed by atoms with van der Waals surface area (Å²) in [6.45, 7) is 1.68. The Morgan fingerprint density at radius 3 is 3.11 bits per heavy atom. The van der Waals surface area contributed by atoms with Crippen LogP contribution >= 0.6 is 0 Å². The highest BCUT2D eigenvalue weighted by Gasteiger charge is 2.16. The van der Waals surface area contributed by atoms with Gasteiger partial charge in [0.25, 0.3) is 0 Å². The van der Waals surface area contributed by atoms with Crippen LogP contribution < -0.4 is 14.8 Å². The molecule has 1 aromatic heterocycles. The number of nitrogens with one attached hydrogen (secondary N) is 1. The number of hydrogen-bond donors (Lipinski definition) is 1. The fourth-order valence-corrected chi connectivity index (χ4v) is 1.91. The molecule has 6 heteroatoms. The van der Waals surface area contributed by atoms with Crippen molar-refractivity contribution in [2.24, 2.45) is 7.05 Å². The van der Waals surface area contributed by atoms with Crippen LogP contribution in [0.2, 0.25) is 0 Å². The summed E-state index contributed by atoms with van der Waals surface area (Å²) in [5.41, 5.74) is 1.09. The van der Waals surface area contributed by atoms with Gasteiger partial charge in [0.05, 0.1) is 6.54 Å². The molecule has 1 N–H and O–H groups in total. The van der Waals surface area contributed by atoms with E-state index in [4.69, 9.17) is 9.47 Å². The zero-order valence-electron chi connectivity index (χ0n) is 10.1. The van der Waals surface area contributed by atoms with Crippen LogP contribution in [0.3, 0.4) is 0 Å². The monoisotopic (exact) mass is 246 g/mol. The van der Waals surface area contributed by atoms with Gasteiger partial charge in [0.1, 0.15) is 12.2 Å². The van der Waals surface area contributed by atoms with Crippen molar-refractivity contribution in [2.75, 3.05) is 6.79 Å². The Morgan fingerprint density at radius 2 is 2.28 bits per heavy atom. The number of aromatic nitrogens is 3. The molecule has 0 amide bonds. The van der Waals surface area contributed by atoms with Gasteiger partial charge in [-0.2, -0.15) is 0 Å². The fourth-order valence-electron chi connectivity index (χ4n) is 1.91. The fraction of sp³-hybridized carbons (Fsp3) is 0.333. The maximum Gasteiger partial charge on any atom is 0.231 e. The molecule has 0 bridgehead atoms. The van der Waals surface area contributed by atoms with Crippen molar-refractivity contribution in [2.45, 2.75) is 13.1 Å². The molecule has 2 heterocycles. The number of ether oxygens (including phenoxy) is 2. The van der Waals surface area contributed by atoms with Crippen molar-refractivity contribution in [1.82, 2.24) is 20.1 Å². The molecule has 6 nitrogen and oxygen atoms in total. The van der Waals surface area contributed by atoms with Gasteiger partial charge in [-0.3, -0.25) is 0 Å². The molecule has 0 radical (unpaired) electrons. The first-order valence-corrected chi connectivity index (χ1v) is 5.75. The van der Waals surface area contributed by atoms with E-state index in [1.54, 1.807) is 6.33 Å². The van der Waals surface area contributed by atoms with Gasteiger partial charge in [0.2, 0.25) is 6.79 Å². The van der Waals surface area contributed by atoms with Crippen molar-refractivity contribution in [3.8, 4) is 11.5 Å². The highest BCUT2D eigenvalue weighted by atomic mass is 16.7. The summed E-state index contributed by atoms with van der Waals surface area (Å²) < 4.78 is 12.7. The SMILES string of the molecule is Cn1cnnc1CNCc1cccc2c1OCO2. The number of fused-ring (bicyclic) bond motifs is 1. The number of aryl methyl sites for hydroxylation is 1. The molecular weight excluding hydrogens is 232 g/mol. The number of nitrogens with zero attached hydrogens (tertiary/aromatic N) is 3. The summed E-state index contributed by atoms with van der Waals surface area (Å²) in [7, 11) is 1.92. The summed E-state index contributed by atoms with van der Waals surface area (Å²) in [6, 6.07) is 5.90. The molecule has 1 aliphatic rings. The molecule has 1 aromatic carbocycles. The van der Waals surface area contributed by atoms with E-state index in [0.717, 1.165) is 22.9 Å². The van der Waals surface area contributed by atoms with Crippen LogP contribution in [-0.4, -0.2) is 21.6 Å². The van der Waals surface area contributed by atoms with Gasteiger partial charge in [-0.1, -0.05) is 12.1 Å². The Kier molecular flexibility index (Phi) is 2.85. The summed E-state index contributed by atoms with van der Waals surface area (Å²) in [5, 5.41) is 11.2. The number of rotatable bonds is 4. The van der Waals surface area contributed by atoms with E-state index in [9.17, 15) is 0 Å². The second kappa shape index (κ2) is 4.66. The Labute approximate surface area is 105 Å². The predicted octanol–water partition coefficient (Wildman–Crippen LogP) is 0.834. The molecule has 0 fully saturated rings. The highest BCUT2D eigenvalue weighted by molar-refractivity contribution is 5.48. The van der Waals surface area contributed by atoms with E-state index in [1.165, 1.54) is 0 Å². The molecule has 3 rings (SSSR count). The van der Waals surface area contributed by atoms with Crippen molar-refractivity contribution in [3.05, 3.63) is 35.9 Å². The van der Waals surface area contributed by atoms with E-state index < -0.39 is 0 Å². The van der Waals surface area contributed by atoms with Gasteiger partial charge in [0, 0.05) is 19.2 Å². The Hall–Kier alpha value is -2.08. The smallest absolute Gasteiger partial charge is 0.231 e. The van der Waals surface area contributed by atoms with Gasteiger partial charge in [-0.15, -0.1) is 10.2 Å². The lowest BCUT2D eigenvalue weighted by molar-refractivity contribution is 0.173. The molecule has 0 saturated heterocycles. The predicted molar refractivity (Wildman–Crippen MR) is 64.1 cm³/mol. The first-order valence-electron chi connectivity index (χ1n) is 5.75. The van der Waals surface area contributed by atoms with Gasteiger partial charge in [-0.25, -0.2) is 0 Å². The van der Waals surface area contributed by atoms with E-state index in [1.807, 2.05) is 29.8 Å². The minimum Gasteiger partial charge on any atom is -0.454 e. The molecule has 0 aliphatic carbocycles. The zero-order valence-corrected chi connectivity index (χ0v) is 10.1. The van der Waals surface area contributed by atoms with Crippen molar-refractivity contribution < 1.29 is 9.47 Å². The first-order chi connectivity index (χ1) is 8.84. The second-order valence-corrected chi connectivity index (χ2v) is 4.11. The Morgan fingerprint density at radius 1 is 1.33 bits per heavy atom. The molecule has 0 atom stereocenters. The molecule has 18 heavy (non-hydrogen) atoms. The van der Waals surface area contributed by atoms with Gasteiger partial charge in [0.15, 0.2) is 11.5 Å². The molecule has 0 saturated carbocycles. The van der Waals surface area contributed by atoms with Crippen molar-refractivity contribution >= 4 is 0 Å². The van der Waals surface area contributed by atoms with Crippen molar-refractivity contribution in [1.29, 1.82) is 0 Å². The normalized spacial score (nSPS) is 12.9. The summed E-state index contributed by atoms with van der Waals surface area (Å²) in [5.74, 6) is 2.55. The van der Waals surface area contributed by atoms with Crippen molar-refractivity contribution in [3.63, 3.8) is 0 Å². The van der Waals surface area contributed by atoms with E-state index in [0.29, 0.717) is 19.9 Å². The second-order valence-electron chi connectivity index (χ2n) is 4.11. The highest BCUT2D eigenvalue weighted by Crippen LogP contribution is 2.35. The summed E-state index contributed by atoms with van der Waals surface area (Å²) in [6.07, 6.45) is 1.69. The summed E-state index contributed by atoms with van der Waals surface area (Å²) in [4.78, 5) is 0. The zero-order chi connectivity index (χ0) is 12.4. The Bertz CT molecular complexity index is 553. The van der Waals surface area contributed by atoms with Crippen LogP contribution in [0.4, 0.5) is 0 Å². The average molecular weight is 246 g/mol. The Balaban J connectivity index is 1.64. The van der Waals surface area contributed by atoms with Crippen LogP contribution in [0.25, 0.3) is 0 Å². The first kappa shape index (κ1) is 11.0. The standard InChI is InChI=1S/C12H14N4O2/c1-16-7-14-15-11(16)6-13-5-9-3-2-4-10-12(9)18-8-17-10/h2-4,7,13H,5-6,8H2,1H3. The number of benzene rings is 1. The van der Waals surface area contributed by atoms with Crippen LogP contribution in [0.15, 0.2) is 24.5 Å². The topological polar surface area (TPSA) is 61.2 Å². The molecule has 1 aliphatic heterocycles. The molecule has 94 valence electrons. The van der Waals surface area contributed by atoms with Crippen LogP contribution in [0, 0.1) is 0 Å². The lowest BCUT2D eigenvalue weighted by Gasteiger charge is -2.07. The average Bonchev–Trinajstić information content (AvgIpc) is 2.99. The van der Waals surface area contributed by atoms with E-state index in [-0.39, 0.29) is 0 Å².